The molecule has 0 aliphatic rings. The van der Waals surface area contributed by atoms with Crippen molar-refractivity contribution in [1.29, 1.82) is 0 Å². The van der Waals surface area contributed by atoms with Crippen molar-refractivity contribution in [3.05, 3.63) is 13.8 Å². The number of sulfone groups is 1. The Morgan fingerprint density at radius 1 is 1.42 bits per heavy atom. The molecule has 0 spiro atoms. The number of ketones is 1. The molecule has 0 bridgehead atoms. The average molecular weight is 190 g/mol. The Morgan fingerprint density at radius 2 is 2.00 bits per heavy atom. The summed E-state index contributed by atoms with van der Waals surface area (Å²) in [5.74, 6) is -1.35. The lowest BCUT2D eigenvalue weighted by atomic mass is 10.5. The Kier molecular flexibility index (Phi) is 5.08. The van der Waals surface area contributed by atoms with E-state index in [1.165, 1.54) is 0 Å². The van der Waals surface area contributed by atoms with Crippen LogP contribution in [-0.2, 0) is 19.4 Å². The Morgan fingerprint density at radius 3 is 2.42 bits per heavy atom. The second-order valence-electron chi connectivity index (χ2n) is 2.17. The fraction of sp³-hybridized carbons (Fsp3) is 0.571. The highest BCUT2D eigenvalue weighted by molar-refractivity contribution is 7.91. The number of Topliss-reactive ketones (excluding diaryl/α,β-unsaturated/α-hetero) is 1. The van der Waals surface area contributed by atoms with E-state index in [0.29, 0.717) is 0 Å². The van der Waals surface area contributed by atoms with Gasteiger partial charge in [-0.05, 0) is 13.3 Å². The number of carbonyl (C=O) groups is 1. The lowest BCUT2D eigenvalue weighted by molar-refractivity contribution is -0.118. The lowest BCUT2D eigenvalue weighted by Gasteiger charge is -2.01. The van der Waals surface area contributed by atoms with Crippen LogP contribution >= 0.6 is 0 Å². The molecule has 12 heavy (non-hydrogen) atoms. The van der Waals surface area contributed by atoms with Gasteiger partial charge >= 0.3 is 0 Å². The molecule has 0 amide bonds. The van der Waals surface area contributed by atoms with Crippen LogP contribution in [0.4, 0.5) is 0 Å². The van der Waals surface area contributed by atoms with Gasteiger partial charge < -0.3 is 4.74 Å². The summed E-state index contributed by atoms with van der Waals surface area (Å²) in [5.41, 5.74) is 0. The molecular weight excluding hydrogens is 180 g/mol. The molecule has 0 saturated carbocycles. The van der Waals surface area contributed by atoms with Crippen molar-refractivity contribution in [1.82, 2.24) is 0 Å². The Hall–Kier alpha value is -0.420. The fourth-order valence-corrected chi connectivity index (χ4v) is 1.32. The summed E-state index contributed by atoms with van der Waals surface area (Å²) in [5, 5.41) is 0. The number of rotatable bonds is 6. The van der Waals surface area contributed by atoms with E-state index in [1.807, 2.05) is 0 Å². The molecule has 0 unspecified atom stereocenters. The quantitative estimate of drug-likeness (QED) is 0.579. The first-order chi connectivity index (χ1) is 5.48. The fourth-order valence-electron chi connectivity index (χ4n) is 0.508. The van der Waals surface area contributed by atoms with Crippen molar-refractivity contribution in [3.8, 4) is 0 Å². The third kappa shape index (κ3) is 6.30. The highest BCUT2D eigenvalue weighted by Crippen LogP contribution is 1.93. The molecule has 68 valence electrons. The number of carbonyl (C=O) groups excluding carboxylic acids is 1. The smallest absolute Gasteiger partial charge is 0.174 e. The SMILES string of the molecule is [CH]CCS(=O)(=O)COCC([CH])=O. The highest BCUT2D eigenvalue weighted by atomic mass is 32.2. The molecule has 0 saturated heterocycles. The number of hydrogen-bond donors (Lipinski definition) is 0. The van der Waals surface area contributed by atoms with Gasteiger partial charge in [0, 0.05) is 6.92 Å². The van der Waals surface area contributed by atoms with E-state index in [0.717, 1.165) is 0 Å². The zero-order valence-electron chi connectivity index (χ0n) is 6.52. The number of hydrogen-bond acceptors (Lipinski definition) is 4. The summed E-state index contributed by atoms with van der Waals surface area (Å²) in [6, 6.07) is 0. The van der Waals surface area contributed by atoms with Gasteiger partial charge in [0.15, 0.2) is 15.6 Å². The molecule has 0 aliphatic heterocycles. The predicted molar refractivity (Wildman–Crippen MR) is 42.8 cm³/mol. The molecular formula is C7H10O4S. The van der Waals surface area contributed by atoms with Crippen LogP contribution in [0.3, 0.4) is 0 Å². The minimum Gasteiger partial charge on any atom is -0.358 e. The summed E-state index contributed by atoms with van der Waals surface area (Å²) in [6.07, 6.45) is 0.0439. The molecule has 0 aromatic heterocycles. The van der Waals surface area contributed by atoms with Crippen molar-refractivity contribution < 1.29 is 17.9 Å². The lowest BCUT2D eigenvalue weighted by Crippen LogP contribution is -2.16. The van der Waals surface area contributed by atoms with E-state index in [4.69, 9.17) is 13.8 Å². The third-order valence-electron chi connectivity index (χ3n) is 0.936. The zero-order valence-corrected chi connectivity index (χ0v) is 7.34. The second-order valence-corrected chi connectivity index (χ2v) is 4.30. The van der Waals surface area contributed by atoms with Crippen molar-refractivity contribution in [2.24, 2.45) is 0 Å². The molecule has 4 nitrogen and oxygen atoms in total. The van der Waals surface area contributed by atoms with Gasteiger partial charge in [0.2, 0.25) is 0 Å². The van der Waals surface area contributed by atoms with Crippen LogP contribution < -0.4 is 0 Å². The van der Waals surface area contributed by atoms with Gasteiger partial charge in [0.1, 0.15) is 12.5 Å². The van der Waals surface area contributed by atoms with E-state index in [1.54, 1.807) is 0 Å². The summed E-state index contributed by atoms with van der Waals surface area (Å²) in [7, 11) is -3.28. The number of ether oxygens (including phenoxy) is 1. The topological polar surface area (TPSA) is 60.4 Å². The van der Waals surface area contributed by atoms with Crippen LogP contribution in [0.1, 0.15) is 6.42 Å². The van der Waals surface area contributed by atoms with E-state index in [2.05, 4.69) is 4.74 Å². The first-order valence-corrected chi connectivity index (χ1v) is 5.06. The Balaban J connectivity index is 3.69. The highest BCUT2D eigenvalue weighted by Gasteiger charge is 2.09. The minimum absolute atomic E-state index is 0.0439. The van der Waals surface area contributed by atoms with Crippen LogP contribution in [0.25, 0.3) is 0 Å². The van der Waals surface area contributed by atoms with Gasteiger partial charge in [-0.25, -0.2) is 8.42 Å². The van der Waals surface area contributed by atoms with Crippen LogP contribution in [-0.4, -0.2) is 32.5 Å². The van der Waals surface area contributed by atoms with E-state index < -0.39 is 21.6 Å². The maximum Gasteiger partial charge on any atom is 0.174 e. The van der Waals surface area contributed by atoms with Gasteiger partial charge in [0.05, 0.1) is 5.75 Å². The standard InChI is InChI=1S/C7H10O4S/c1-3-4-12(9,10)6-11-5-7(2)8/h1-2H,3-6H2. The van der Waals surface area contributed by atoms with Gasteiger partial charge in [-0.2, -0.15) is 0 Å². The van der Waals surface area contributed by atoms with Gasteiger partial charge in [-0.15, -0.1) is 0 Å². The summed E-state index contributed by atoms with van der Waals surface area (Å²) < 4.78 is 26.2. The first-order valence-electron chi connectivity index (χ1n) is 3.24. The van der Waals surface area contributed by atoms with Crippen molar-refractivity contribution in [3.63, 3.8) is 0 Å². The first kappa shape index (κ1) is 11.6. The normalized spacial score (nSPS) is 11.5. The van der Waals surface area contributed by atoms with E-state index >= 15 is 0 Å². The van der Waals surface area contributed by atoms with Crippen LogP contribution in [0.15, 0.2) is 0 Å². The van der Waals surface area contributed by atoms with Gasteiger partial charge in [0.25, 0.3) is 0 Å². The second kappa shape index (κ2) is 5.27. The van der Waals surface area contributed by atoms with Crippen molar-refractivity contribution in [2.75, 3.05) is 18.3 Å². The minimum atomic E-state index is -3.28. The van der Waals surface area contributed by atoms with E-state index in [9.17, 15) is 13.2 Å². The summed E-state index contributed by atoms with van der Waals surface area (Å²) >= 11 is 0. The van der Waals surface area contributed by atoms with Crippen LogP contribution in [0.2, 0.25) is 0 Å². The Bertz CT molecular complexity index is 230. The Labute approximate surface area is 72.8 Å². The van der Waals surface area contributed by atoms with Crippen LogP contribution in [0.5, 0.6) is 0 Å². The van der Waals surface area contributed by atoms with Crippen molar-refractivity contribution >= 4 is 15.6 Å². The van der Waals surface area contributed by atoms with Gasteiger partial charge in [-0.3, -0.25) is 4.79 Å². The molecule has 0 aromatic carbocycles. The molecule has 0 N–H and O–H groups in total. The molecule has 4 radical (unpaired) electrons. The molecule has 0 heterocycles. The largest absolute Gasteiger partial charge is 0.358 e. The molecule has 0 rings (SSSR count). The summed E-state index contributed by atoms with van der Waals surface area (Å²) in [6.45, 7) is 9.35. The van der Waals surface area contributed by atoms with Crippen LogP contribution in [0, 0.1) is 13.8 Å². The average Bonchev–Trinajstić information content (AvgIpc) is 1.85. The molecule has 0 aliphatic carbocycles. The van der Waals surface area contributed by atoms with Gasteiger partial charge in [-0.1, -0.05) is 0 Å². The maximum absolute atomic E-state index is 10.9. The molecule has 0 fully saturated rings. The predicted octanol–water partition coefficient (Wildman–Crippen LogP) is -0.243. The molecule has 5 heteroatoms. The van der Waals surface area contributed by atoms with E-state index in [-0.39, 0.29) is 18.8 Å². The summed E-state index contributed by atoms with van der Waals surface area (Å²) in [4.78, 5) is 10.1. The zero-order chi connectivity index (χ0) is 9.61. The molecule has 0 aromatic rings. The monoisotopic (exact) mass is 190 g/mol. The maximum atomic E-state index is 10.9. The molecule has 0 atom stereocenters. The van der Waals surface area contributed by atoms with Crippen molar-refractivity contribution in [2.45, 2.75) is 6.42 Å². The third-order valence-corrected chi connectivity index (χ3v) is 2.32.